The van der Waals surface area contributed by atoms with Gasteiger partial charge in [-0.25, -0.2) is 8.78 Å². The van der Waals surface area contributed by atoms with Crippen molar-refractivity contribution in [1.82, 2.24) is 0 Å². The van der Waals surface area contributed by atoms with Crippen molar-refractivity contribution in [1.29, 1.82) is 0 Å². The van der Waals surface area contributed by atoms with Crippen LogP contribution in [-0.2, 0) is 4.74 Å². The van der Waals surface area contributed by atoms with E-state index in [1.54, 1.807) is 0 Å². The zero-order valence-electron chi connectivity index (χ0n) is 20.4. The third-order valence-corrected chi connectivity index (χ3v) is 8.69. The van der Waals surface area contributed by atoms with Crippen molar-refractivity contribution in [3.63, 3.8) is 0 Å². The van der Waals surface area contributed by atoms with Gasteiger partial charge in [0.15, 0.2) is 11.6 Å². The SMILES string of the molecule is C=CC1CCC(c2ccc(C3CCC(C4C=CC(OCCCC)CC4)CC3)c(F)c2F)CC1. The zero-order chi connectivity index (χ0) is 23.2. The lowest BCUT2D eigenvalue weighted by atomic mass is 9.71. The predicted molar refractivity (Wildman–Crippen MR) is 132 cm³/mol. The number of benzene rings is 1. The Bertz CT molecular complexity index is 800. The molecule has 3 heteroatoms. The van der Waals surface area contributed by atoms with Gasteiger partial charge in [-0.1, -0.05) is 43.7 Å². The maximum absolute atomic E-state index is 15.2. The van der Waals surface area contributed by atoms with E-state index in [0.717, 1.165) is 70.8 Å². The Hall–Kier alpha value is -1.48. The summed E-state index contributed by atoms with van der Waals surface area (Å²) in [6.07, 6.45) is 19.6. The van der Waals surface area contributed by atoms with Gasteiger partial charge in [0.25, 0.3) is 0 Å². The number of halogens is 2. The molecule has 0 aromatic heterocycles. The molecule has 182 valence electrons. The largest absolute Gasteiger partial charge is 0.374 e. The average molecular weight is 457 g/mol. The minimum absolute atomic E-state index is 0.147. The molecule has 0 amide bonds. The zero-order valence-corrected chi connectivity index (χ0v) is 20.4. The summed E-state index contributed by atoms with van der Waals surface area (Å²) in [6.45, 7) is 6.94. The van der Waals surface area contributed by atoms with Gasteiger partial charge in [-0.15, -0.1) is 6.58 Å². The molecule has 0 bridgehead atoms. The highest BCUT2D eigenvalue weighted by atomic mass is 19.2. The Kier molecular flexibility index (Phi) is 8.79. The second-order valence-corrected chi connectivity index (χ2v) is 10.7. The highest BCUT2D eigenvalue weighted by Gasteiger charge is 2.32. The van der Waals surface area contributed by atoms with Crippen LogP contribution in [0.5, 0.6) is 0 Å². The van der Waals surface area contributed by atoms with Gasteiger partial charge in [-0.05, 0) is 111 Å². The molecule has 1 aromatic rings. The van der Waals surface area contributed by atoms with E-state index in [1.807, 2.05) is 18.2 Å². The number of allylic oxidation sites excluding steroid dienone is 2. The monoisotopic (exact) mass is 456 g/mol. The van der Waals surface area contributed by atoms with Crippen molar-refractivity contribution in [3.8, 4) is 0 Å². The lowest BCUT2D eigenvalue weighted by Gasteiger charge is -2.35. The summed E-state index contributed by atoms with van der Waals surface area (Å²) >= 11 is 0. The number of hydrogen-bond donors (Lipinski definition) is 0. The smallest absolute Gasteiger partial charge is 0.162 e. The maximum atomic E-state index is 15.2. The Balaban J connectivity index is 1.31. The van der Waals surface area contributed by atoms with Gasteiger partial charge >= 0.3 is 0 Å². The molecule has 0 spiro atoms. The molecule has 0 heterocycles. The molecule has 33 heavy (non-hydrogen) atoms. The molecule has 0 N–H and O–H groups in total. The quantitative estimate of drug-likeness (QED) is 0.280. The van der Waals surface area contributed by atoms with Crippen LogP contribution in [0.4, 0.5) is 8.78 Å². The normalized spacial score (nSPS) is 32.6. The topological polar surface area (TPSA) is 9.23 Å². The number of hydrogen-bond acceptors (Lipinski definition) is 1. The third-order valence-electron chi connectivity index (χ3n) is 8.69. The second-order valence-electron chi connectivity index (χ2n) is 10.7. The van der Waals surface area contributed by atoms with Crippen LogP contribution in [0, 0.1) is 29.4 Å². The molecule has 1 aromatic carbocycles. The molecule has 2 unspecified atom stereocenters. The Morgan fingerprint density at radius 1 is 0.848 bits per heavy atom. The van der Waals surface area contributed by atoms with Crippen LogP contribution in [0.25, 0.3) is 0 Å². The van der Waals surface area contributed by atoms with Crippen LogP contribution < -0.4 is 0 Å². The van der Waals surface area contributed by atoms with E-state index in [9.17, 15) is 0 Å². The van der Waals surface area contributed by atoms with Crippen LogP contribution in [0.2, 0.25) is 0 Å². The van der Waals surface area contributed by atoms with Crippen molar-refractivity contribution in [2.45, 2.75) is 102 Å². The first-order valence-corrected chi connectivity index (χ1v) is 13.5. The average Bonchev–Trinajstić information content (AvgIpc) is 2.86. The summed E-state index contributed by atoms with van der Waals surface area (Å²) < 4.78 is 36.2. The van der Waals surface area contributed by atoms with E-state index in [4.69, 9.17) is 4.74 Å². The molecule has 3 aliphatic rings. The Morgan fingerprint density at radius 3 is 1.97 bits per heavy atom. The van der Waals surface area contributed by atoms with Crippen molar-refractivity contribution >= 4 is 0 Å². The fourth-order valence-electron chi connectivity index (χ4n) is 6.46. The molecular weight excluding hydrogens is 414 g/mol. The second kappa shape index (κ2) is 11.8. The maximum Gasteiger partial charge on any atom is 0.162 e. The molecule has 0 radical (unpaired) electrons. The van der Waals surface area contributed by atoms with E-state index in [1.165, 1.54) is 12.8 Å². The van der Waals surface area contributed by atoms with E-state index in [2.05, 4.69) is 25.7 Å². The fraction of sp³-hybridized carbons (Fsp3) is 0.667. The lowest BCUT2D eigenvalue weighted by molar-refractivity contribution is 0.0648. The summed E-state index contributed by atoms with van der Waals surface area (Å²) in [7, 11) is 0. The first-order chi connectivity index (χ1) is 16.1. The van der Waals surface area contributed by atoms with Crippen LogP contribution >= 0.6 is 0 Å². The molecule has 2 atom stereocenters. The standard InChI is InChI=1S/C30H42F2O/c1-3-5-20-33-26-16-14-23(15-17-26)22-10-12-25(13-11-22)28-19-18-27(29(31)30(28)32)24-8-6-21(4-2)7-9-24/h4,14,16,18-19,21-26H,2-3,5-13,15,17,20H2,1H3. The van der Waals surface area contributed by atoms with E-state index < -0.39 is 11.6 Å². The van der Waals surface area contributed by atoms with E-state index in [-0.39, 0.29) is 17.9 Å². The van der Waals surface area contributed by atoms with Crippen LogP contribution in [0.3, 0.4) is 0 Å². The van der Waals surface area contributed by atoms with Gasteiger partial charge in [0.1, 0.15) is 0 Å². The summed E-state index contributed by atoms with van der Waals surface area (Å²) in [5.74, 6) is 0.954. The molecule has 3 aliphatic carbocycles. The first kappa shape index (κ1) is 24.6. The Labute approximate surface area is 199 Å². The molecular formula is C30H42F2O. The molecule has 2 saturated carbocycles. The number of rotatable bonds is 8. The van der Waals surface area contributed by atoms with Gasteiger partial charge in [-0.3, -0.25) is 0 Å². The van der Waals surface area contributed by atoms with Gasteiger partial charge < -0.3 is 4.74 Å². The van der Waals surface area contributed by atoms with Crippen LogP contribution in [0.1, 0.15) is 107 Å². The molecule has 0 saturated heterocycles. The summed E-state index contributed by atoms with van der Waals surface area (Å²) in [4.78, 5) is 0. The summed E-state index contributed by atoms with van der Waals surface area (Å²) in [5.41, 5.74) is 1.20. The van der Waals surface area contributed by atoms with Crippen molar-refractivity contribution < 1.29 is 13.5 Å². The van der Waals surface area contributed by atoms with E-state index in [0.29, 0.717) is 28.9 Å². The lowest BCUT2D eigenvalue weighted by Crippen LogP contribution is -2.25. The van der Waals surface area contributed by atoms with Crippen molar-refractivity contribution in [2.75, 3.05) is 6.61 Å². The molecule has 0 aliphatic heterocycles. The molecule has 2 fully saturated rings. The van der Waals surface area contributed by atoms with Gasteiger partial charge in [0, 0.05) is 6.61 Å². The first-order valence-electron chi connectivity index (χ1n) is 13.5. The van der Waals surface area contributed by atoms with Crippen molar-refractivity contribution in [3.05, 3.63) is 59.7 Å². The summed E-state index contributed by atoms with van der Waals surface area (Å²) in [5, 5.41) is 0. The molecule has 4 rings (SSSR count). The van der Waals surface area contributed by atoms with Crippen LogP contribution in [0.15, 0.2) is 36.9 Å². The van der Waals surface area contributed by atoms with Gasteiger partial charge in [0.05, 0.1) is 6.10 Å². The highest BCUT2D eigenvalue weighted by Crippen LogP contribution is 2.44. The molecule has 1 nitrogen and oxygen atoms in total. The van der Waals surface area contributed by atoms with Crippen molar-refractivity contribution in [2.24, 2.45) is 17.8 Å². The minimum Gasteiger partial charge on any atom is -0.374 e. The predicted octanol–water partition coefficient (Wildman–Crippen LogP) is 8.85. The van der Waals surface area contributed by atoms with Crippen LogP contribution in [-0.4, -0.2) is 12.7 Å². The highest BCUT2D eigenvalue weighted by molar-refractivity contribution is 5.32. The third kappa shape index (κ3) is 5.96. The number of unbranched alkanes of at least 4 members (excludes halogenated alkanes) is 1. The van der Waals surface area contributed by atoms with E-state index >= 15 is 8.78 Å². The number of ether oxygens (including phenoxy) is 1. The Morgan fingerprint density at radius 2 is 1.45 bits per heavy atom. The summed E-state index contributed by atoms with van der Waals surface area (Å²) in [6, 6.07) is 3.79. The minimum atomic E-state index is -0.582. The van der Waals surface area contributed by atoms with Gasteiger partial charge in [-0.2, -0.15) is 0 Å². The fourth-order valence-corrected chi connectivity index (χ4v) is 6.46. The van der Waals surface area contributed by atoms with Gasteiger partial charge in [0.2, 0.25) is 0 Å².